The molecule has 0 aliphatic rings. The monoisotopic (exact) mass is 636 g/mol. The molecule has 1 atom stereocenters. The van der Waals surface area contributed by atoms with Crippen LogP contribution in [0, 0.1) is 13.8 Å². The molecule has 6 heteroatoms. The molecular weight excluding hydrogens is 600 g/mol. The van der Waals surface area contributed by atoms with Gasteiger partial charge in [0.25, 0.3) is 5.91 Å². The molecule has 5 nitrogen and oxygen atoms in total. The Morgan fingerprint density at radius 2 is 1.58 bits per heavy atom. The van der Waals surface area contributed by atoms with Crippen molar-refractivity contribution in [3.05, 3.63) is 129 Å². The number of fused-ring (bicyclic) bond motifs is 1. The Morgan fingerprint density at radius 1 is 0.907 bits per heavy atom. The summed E-state index contributed by atoms with van der Waals surface area (Å²) in [4.78, 5) is 26.0. The predicted molar refractivity (Wildman–Crippen MR) is 178 cm³/mol. The first-order valence-corrected chi connectivity index (χ1v) is 15.3. The van der Waals surface area contributed by atoms with Gasteiger partial charge >= 0.3 is 5.97 Å². The summed E-state index contributed by atoms with van der Waals surface area (Å²) in [5.74, 6) is -0.419. The fourth-order valence-electron chi connectivity index (χ4n) is 5.33. The topological polar surface area (TPSA) is 60.3 Å². The van der Waals surface area contributed by atoms with Gasteiger partial charge in [-0.25, -0.2) is 4.79 Å². The number of carbonyl (C=O) groups excluding carboxylic acids is 2. The molecule has 43 heavy (non-hydrogen) atoms. The Kier molecular flexibility index (Phi) is 8.61. The van der Waals surface area contributed by atoms with Crippen LogP contribution in [0.3, 0.4) is 0 Å². The molecule has 0 saturated carbocycles. The smallest absolute Gasteiger partial charge is 0.339 e. The molecule has 220 valence electrons. The van der Waals surface area contributed by atoms with Gasteiger partial charge in [0.15, 0.2) is 0 Å². The van der Waals surface area contributed by atoms with Gasteiger partial charge in [0.05, 0.1) is 11.6 Å². The quantitative estimate of drug-likeness (QED) is 0.181. The fraction of sp³-hybridized carbons (Fsp3) is 0.243. The van der Waals surface area contributed by atoms with Gasteiger partial charge in [-0.15, -0.1) is 0 Å². The van der Waals surface area contributed by atoms with Gasteiger partial charge in [0.2, 0.25) is 0 Å². The van der Waals surface area contributed by atoms with E-state index < -0.39 is 5.60 Å². The standard InChI is InChI=1S/C37H37BrN2O3/c1-23-25(3)40(34-20-17-29(21-33(23)34)35(41)39-24(2)27-15-18-30(38)19-16-27)22-26-11-13-28(14-12-26)31-9-7-8-10-32(31)36(42)43-37(4,5)6/h7-21,24H,22H2,1-6H3,(H,39,41)/t24-/m0/s1. The van der Waals surface area contributed by atoms with Crippen LogP contribution < -0.4 is 5.32 Å². The number of amides is 1. The second kappa shape index (κ2) is 12.2. The van der Waals surface area contributed by atoms with Crippen LogP contribution in [0.2, 0.25) is 0 Å². The third-order valence-corrected chi connectivity index (χ3v) is 8.30. The third kappa shape index (κ3) is 6.75. The van der Waals surface area contributed by atoms with E-state index in [1.807, 2.05) is 94.4 Å². The largest absolute Gasteiger partial charge is 0.456 e. The molecular formula is C37H37BrN2O3. The number of halogens is 1. The van der Waals surface area contributed by atoms with Crippen LogP contribution >= 0.6 is 15.9 Å². The summed E-state index contributed by atoms with van der Waals surface area (Å²) in [6, 6.07) is 29.7. The van der Waals surface area contributed by atoms with E-state index in [0.717, 1.165) is 48.9 Å². The van der Waals surface area contributed by atoms with Crippen LogP contribution in [0.5, 0.6) is 0 Å². The average molecular weight is 638 g/mol. The minimum Gasteiger partial charge on any atom is -0.456 e. The first-order valence-electron chi connectivity index (χ1n) is 14.5. The van der Waals surface area contributed by atoms with E-state index in [1.165, 1.54) is 0 Å². The molecule has 1 aromatic heterocycles. The number of benzene rings is 4. The molecule has 5 rings (SSSR count). The SMILES string of the molecule is Cc1c(C)n(Cc2ccc(-c3ccccc3C(=O)OC(C)(C)C)cc2)c2ccc(C(=O)N[C@@H](C)c3ccc(Br)cc3)cc12. The van der Waals surface area contributed by atoms with E-state index in [0.29, 0.717) is 17.7 Å². The lowest BCUT2D eigenvalue weighted by molar-refractivity contribution is 0.00703. The highest BCUT2D eigenvalue weighted by atomic mass is 79.9. The summed E-state index contributed by atoms with van der Waals surface area (Å²) < 4.78 is 8.94. The summed E-state index contributed by atoms with van der Waals surface area (Å²) in [5, 5.41) is 4.20. The molecule has 0 aliphatic heterocycles. The Morgan fingerprint density at radius 3 is 2.26 bits per heavy atom. The summed E-state index contributed by atoms with van der Waals surface area (Å²) in [6.07, 6.45) is 0. The number of aryl methyl sites for hydroxylation is 1. The summed E-state index contributed by atoms with van der Waals surface area (Å²) in [7, 11) is 0. The fourth-order valence-corrected chi connectivity index (χ4v) is 5.59. The van der Waals surface area contributed by atoms with Crippen LogP contribution in [0.25, 0.3) is 22.0 Å². The van der Waals surface area contributed by atoms with Crippen molar-refractivity contribution in [3.8, 4) is 11.1 Å². The first-order chi connectivity index (χ1) is 20.4. The van der Waals surface area contributed by atoms with Gasteiger partial charge in [0.1, 0.15) is 5.60 Å². The predicted octanol–water partition coefficient (Wildman–Crippen LogP) is 9.18. The average Bonchev–Trinajstić information content (AvgIpc) is 3.21. The maximum Gasteiger partial charge on any atom is 0.339 e. The van der Waals surface area contributed by atoms with Crippen molar-refractivity contribution in [2.45, 2.75) is 59.7 Å². The number of carbonyl (C=O) groups is 2. The third-order valence-electron chi connectivity index (χ3n) is 7.77. The second-order valence-electron chi connectivity index (χ2n) is 12.0. The highest BCUT2D eigenvalue weighted by Gasteiger charge is 2.21. The second-order valence-corrected chi connectivity index (χ2v) is 12.9. The normalized spacial score (nSPS) is 12.3. The molecule has 0 bridgehead atoms. The van der Waals surface area contributed by atoms with Gasteiger partial charge in [-0.3, -0.25) is 4.79 Å². The number of aromatic nitrogens is 1. The highest BCUT2D eigenvalue weighted by molar-refractivity contribution is 9.10. The van der Waals surface area contributed by atoms with Crippen LogP contribution in [-0.2, 0) is 11.3 Å². The van der Waals surface area contributed by atoms with Gasteiger partial charge in [-0.1, -0.05) is 70.5 Å². The number of esters is 1. The van der Waals surface area contributed by atoms with E-state index in [-0.39, 0.29) is 17.9 Å². The molecule has 5 aromatic rings. The van der Waals surface area contributed by atoms with Gasteiger partial charge in [0, 0.05) is 33.2 Å². The molecule has 1 heterocycles. The van der Waals surface area contributed by atoms with Crippen molar-refractivity contribution in [2.24, 2.45) is 0 Å². The van der Waals surface area contributed by atoms with Crippen molar-refractivity contribution in [1.82, 2.24) is 9.88 Å². The zero-order chi connectivity index (χ0) is 30.9. The molecule has 0 saturated heterocycles. The summed E-state index contributed by atoms with van der Waals surface area (Å²) in [6.45, 7) is 12.5. The molecule has 1 amide bonds. The zero-order valence-electron chi connectivity index (χ0n) is 25.5. The van der Waals surface area contributed by atoms with Crippen molar-refractivity contribution in [3.63, 3.8) is 0 Å². The van der Waals surface area contributed by atoms with E-state index in [4.69, 9.17) is 4.74 Å². The lowest BCUT2D eigenvalue weighted by atomic mass is 9.98. The van der Waals surface area contributed by atoms with E-state index in [9.17, 15) is 9.59 Å². The zero-order valence-corrected chi connectivity index (χ0v) is 27.1. The minimum atomic E-state index is -0.563. The Hall–Kier alpha value is -4.16. The van der Waals surface area contributed by atoms with Crippen LogP contribution in [-0.4, -0.2) is 22.0 Å². The van der Waals surface area contributed by atoms with Crippen LogP contribution in [0.4, 0.5) is 0 Å². The number of hydrogen-bond acceptors (Lipinski definition) is 3. The van der Waals surface area contributed by atoms with Gasteiger partial charge in [-0.05, 0) is 106 Å². The van der Waals surface area contributed by atoms with Crippen molar-refractivity contribution in [1.29, 1.82) is 0 Å². The molecule has 0 aliphatic carbocycles. The molecule has 0 radical (unpaired) electrons. The molecule has 0 unspecified atom stereocenters. The van der Waals surface area contributed by atoms with E-state index >= 15 is 0 Å². The number of hydrogen-bond donors (Lipinski definition) is 1. The summed E-state index contributed by atoms with van der Waals surface area (Å²) in [5.41, 5.74) is 8.05. The Bertz CT molecular complexity index is 1800. The van der Waals surface area contributed by atoms with Crippen molar-refractivity contribution in [2.75, 3.05) is 0 Å². The van der Waals surface area contributed by atoms with Crippen molar-refractivity contribution < 1.29 is 14.3 Å². The molecule has 1 N–H and O–H groups in total. The maximum absolute atomic E-state index is 13.2. The van der Waals surface area contributed by atoms with Crippen LogP contribution in [0.1, 0.15) is 76.8 Å². The maximum atomic E-state index is 13.2. The first kappa shape index (κ1) is 30.3. The van der Waals surface area contributed by atoms with Crippen LogP contribution in [0.15, 0.2) is 95.5 Å². The minimum absolute atomic E-state index is 0.0932. The van der Waals surface area contributed by atoms with E-state index in [1.54, 1.807) is 0 Å². The number of rotatable bonds is 7. The summed E-state index contributed by atoms with van der Waals surface area (Å²) >= 11 is 3.46. The lowest BCUT2D eigenvalue weighted by Crippen LogP contribution is -2.26. The number of nitrogens with one attached hydrogen (secondary N) is 1. The molecule has 4 aromatic carbocycles. The number of ether oxygens (including phenoxy) is 1. The van der Waals surface area contributed by atoms with E-state index in [2.05, 4.69) is 63.9 Å². The van der Waals surface area contributed by atoms with Crippen molar-refractivity contribution >= 4 is 38.7 Å². The highest BCUT2D eigenvalue weighted by Crippen LogP contribution is 2.30. The Labute approximate surface area is 262 Å². The molecule has 0 fully saturated rings. The van der Waals surface area contributed by atoms with Gasteiger partial charge < -0.3 is 14.6 Å². The van der Waals surface area contributed by atoms with Gasteiger partial charge in [-0.2, -0.15) is 0 Å². The molecule has 0 spiro atoms. The number of nitrogens with zero attached hydrogens (tertiary/aromatic N) is 1. The lowest BCUT2D eigenvalue weighted by Gasteiger charge is -2.20. The Balaban J connectivity index is 1.36.